The molecule has 0 aliphatic carbocycles. The predicted molar refractivity (Wildman–Crippen MR) is 60.3 cm³/mol. The summed E-state index contributed by atoms with van der Waals surface area (Å²) in [6.07, 6.45) is 7.06. The van der Waals surface area contributed by atoms with Crippen molar-refractivity contribution in [1.29, 1.82) is 0 Å². The smallest absolute Gasteiger partial charge is 0.126 e. The number of nitrogens with two attached hydrogens (primary N) is 1. The van der Waals surface area contributed by atoms with Crippen LogP contribution in [0.25, 0.3) is 0 Å². The van der Waals surface area contributed by atoms with E-state index in [-0.39, 0.29) is 6.04 Å². The minimum Gasteiger partial charge on any atom is -0.469 e. The fourth-order valence-corrected chi connectivity index (χ4v) is 1.74. The summed E-state index contributed by atoms with van der Waals surface area (Å²) in [5.74, 6) is 7.44. The number of aromatic nitrogens is 2. The molecule has 1 unspecified atom stereocenters. The first-order valence-corrected chi connectivity index (χ1v) is 5.27. The third kappa shape index (κ3) is 2.32. The Bertz CT molecular complexity index is 421. The van der Waals surface area contributed by atoms with Gasteiger partial charge in [0, 0.05) is 25.9 Å². The van der Waals surface area contributed by atoms with Crippen molar-refractivity contribution >= 4 is 0 Å². The lowest BCUT2D eigenvalue weighted by atomic mass is 10.1. The lowest BCUT2D eigenvalue weighted by Gasteiger charge is -2.14. The molecular formula is C11H16N4O. The minimum absolute atomic E-state index is 0.0464. The summed E-state index contributed by atoms with van der Waals surface area (Å²) in [4.78, 5) is 4.28. The van der Waals surface area contributed by atoms with Gasteiger partial charge in [-0.25, -0.2) is 10.4 Å². The summed E-state index contributed by atoms with van der Waals surface area (Å²) in [5.41, 5.74) is 2.78. The molecule has 0 spiro atoms. The first kappa shape index (κ1) is 10.9. The number of furan rings is 1. The Hall–Kier alpha value is -1.59. The van der Waals surface area contributed by atoms with E-state index < -0.39 is 0 Å². The number of hydrogen-bond acceptors (Lipinski definition) is 4. The van der Waals surface area contributed by atoms with E-state index in [1.807, 2.05) is 29.9 Å². The van der Waals surface area contributed by atoms with Crippen LogP contribution in [0.3, 0.4) is 0 Å². The van der Waals surface area contributed by atoms with Gasteiger partial charge in [-0.05, 0) is 18.6 Å². The fraction of sp³-hybridized carbons (Fsp3) is 0.364. The van der Waals surface area contributed by atoms with Crippen molar-refractivity contribution < 1.29 is 4.42 Å². The highest BCUT2D eigenvalue weighted by Crippen LogP contribution is 2.16. The molecule has 0 amide bonds. The van der Waals surface area contributed by atoms with Crippen LogP contribution >= 0.6 is 0 Å². The van der Waals surface area contributed by atoms with Crippen molar-refractivity contribution in [1.82, 2.24) is 15.0 Å². The van der Waals surface area contributed by atoms with Crippen molar-refractivity contribution in [3.05, 3.63) is 42.4 Å². The summed E-state index contributed by atoms with van der Waals surface area (Å²) >= 11 is 0. The average Bonchev–Trinajstić information content (AvgIpc) is 2.92. The second-order valence-electron chi connectivity index (χ2n) is 3.73. The van der Waals surface area contributed by atoms with Gasteiger partial charge in [-0.2, -0.15) is 0 Å². The topological polar surface area (TPSA) is 69.0 Å². The molecule has 0 aliphatic rings. The molecule has 1 atom stereocenters. The molecular weight excluding hydrogens is 204 g/mol. The van der Waals surface area contributed by atoms with Gasteiger partial charge in [-0.15, -0.1) is 0 Å². The Morgan fingerprint density at radius 3 is 3.06 bits per heavy atom. The molecule has 5 heteroatoms. The quantitative estimate of drug-likeness (QED) is 0.586. The summed E-state index contributed by atoms with van der Waals surface area (Å²) in [7, 11) is 1.96. The Kier molecular flexibility index (Phi) is 3.38. The molecule has 5 nitrogen and oxygen atoms in total. The minimum atomic E-state index is 0.0464. The van der Waals surface area contributed by atoms with Gasteiger partial charge in [-0.3, -0.25) is 5.84 Å². The first-order chi connectivity index (χ1) is 7.81. The molecule has 2 heterocycles. The van der Waals surface area contributed by atoms with Crippen molar-refractivity contribution in [2.75, 3.05) is 0 Å². The van der Waals surface area contributed by atoms with Crippen LogP contribution in [0, 0.1) is 0 Å². The number of hydrazine groups is 1. The van der Waals surface area contributed by atoms with Gasteiger partial charge in [0.1, 0.15) is 11.6 Å². The van der Waals surface area contributed by atoms with Crippen LogP contribution < -0.4 is 11.3 Å². The SMILES string of the molecule is Cn1ccnc1C(CCc1ccco1)NN. The Morgan fingerprint density at radius 2 is 2.50 bits per heavy atom. The average molecular weight is 220 g/mol. The number of rotatable bonds is 5. The number of imidazole rings is 1. The van der Waals surface area contributed by atoms with Gasteiger partial charge in [0.25, 0.3) is 0 Å². The van der Waals surface area contributed by atoms with E-state index in [0.717, 1.165) is 24.4 Å². The number of nitrogens with one attached hydrogen (secondary N) is 1. The van der Waals surface area contributed by atoms with Crippen LogP contribution in [0.1, 0.15) is 24.0 Å². The highest BCUT2D eigenvalue weighted by atomic mass is 16.3. The maximum atomic E-state index is 5.54. The monoisotopic (exact) mass is 220 g/mol. The number of aryl methyl sites for hydroxylation is 2. The van der Waals surface area contributed by atoms with Crippen molar-refractivity contribution in [3.8, 4) is 0 Å². The highest BCUT2D eigenvalue weighted by molar-refractivity contribution is 5.02. The van der Waals surface area contributed by atoms with E-state index in [9.17, 15) is 0 Å². The molecule has 2 aromatic heterocycles. The summed E-state index contributed by atoms with van der Waals surface area (Å²) in [6.45, 7) is 0. The maximum Gasteiger partial charge on any atom is 0.126 e. The molecule has 0 fully saturated rings. The van der Waals surface area contributed by atoms with E-state index in [1.165, 1.54) is 0 Å². The molecule has 0 aliphatic heterocycles. The molecule has 0 radical (unpaired) electrons. The maximum absolute atomic E-state index is 5.54. The van der Waals surface area contributed by atoms with E-state index in [4.69, 9.17) is 10.3 Å². The molecule has 86 valence electrons. The van der Waals surface area contributed by atoms with Crippen LogP contribution in [-0.2, 0) is 13.5 Å². The second kappa shape index (κ2) is 4.96. The summed E-state index contributed by atoms with van der Waals surface area (Å²) in [6, 6.07) is 3.90. The lowest BCUT2D eigenvalue weighted by Crippen LogP contribution is -2.30. The number of nitrogens with zero attached hydrogens (tertiary/aromatic N) is 2. The summed E-state index contributed by atoms with van der Waals surface area (Å²) in [5, 5.41) is 0. The largest absolute Gasteiger partial charge is 0.469 e. The van der Waals surface area contributed by atoms with Crippen LogP contribution in [-0.4, -0.2) is 9.55 Å². The Balaban J connectivity index is 1.99. The molecule has 0 saturated heterocycles. The fourth-order valence-electron chi connectivity index (χ4n) is 1.74. The normalized spacial score (nSPS) is 12.9. The Morgan fingerprint density at radius 1 is 1.62 bits per heavy atom. The van der Waals surface area contributed by atoms with E-state index >= 15 is 0 Å². The third-order valence-corrected chi connectivity index (χ3v) is 2.63. The molecule has 0 bridgehead atoms. The number of hydrogen-bond donors (Lipinski definition) is 2. The van der Waals surface area contributed by atoms with Crippen LogP contribution in [0.15, 0.2) is 35.2 Å². The van der Waals surface area contributed by atoms with Gasteiger partial charge in [-0.1, -0.05) is 0 Å². The lowest BCUT2D eigenvalue weighted by molar-refractivity contribution is 0.440. The van der Waals surface area contributed by atoms with Crippen LogP contribution in [0.4, 0.5) is 0 Å². The zero-order valence-corrected chi connectivity index (χ0v) is 9.26. The predicted octanol–water partition coefficient (Wildman–Crippen LogP) is 1.15. The zero-order chi connectivity index (χ0) is 11.4. The van der Waals surface area contributed by atoms with E-state index in [1.54, 1.807) is 12.5 Å². The molecule has 2 aromatic rings. The third-order valence-electron chi connectivity index (χ3n) is 2.63. The van der Waals surface area contributed by atoms with Crippen LogP contribution in [0.5, 0.6) is 0 Å². The van der Waals surface area contributed by atoms with Gasteiger partial charge in [0.15, 0.2) is 0 Å². The molecule has 0 saturated carbocycles. The van der Waals surface area contributed by atoms with E-state index in [2.05, 4.69) is 10.4 Å². The van der Waals surface area contributed by atoms with Crippen molar-refractivity contribution in [2.45, 2.75) is 18.9 Å². The van der Waals surface area contributed by atoms with Gasteiger partial charge < -0.3 is 8.98 Å². The second-order valence-corrected chi connectivity index (χ2v) is 3.73. The van der Waals surface area contributed by atoms with Gasteiger partial charge >= 0.3 is 0 Å². The molecule has 0 aromatic carbocycles. The first-order valence-electron chi connectivity index (χ1n) is 5.27. The van der Waals surface area contributed by atoms with Gasteiger partial charge in [0.2, 0.25) is 0 Å². The zero-order valence-electron chi connectivity index (χ0n) is 9.26. The van der Waals surface area contributed by atoms with Crippen molar-refractivity contribution in [2.24, 2.45) is 12.9 Å². The van der Waals surface area contributed by atoms with Crippen molar-refractivity contribution in [3.63, 3.8) is 0 Å². The van der Waals surface area contributed by atoms with E-state index in [0.29, 0.717) is 0 Å². The molecule has 3 N–H and O–H groups in total. The summed E-state index contributed by atoms with van der Waals surface area (Å²) < 4.78 is 7.25. The standard InChI is InChI=1S/C11H16N4O/c1-15-7-6-13-11(15)10(14-12)5-4-9-3-2-8-16-9/h2-3,6-8,10,14H,4-5,12H2,1H3. The van der Waals surface area contributed by atoms with Crippen LogP contribution in [0.2, 0.25) is 0 Å². The highest BCUT2D eigenvalue weighted by Gasteiger charge is 2.14. The molecule has 2 rings (SSSR count). The molecule has 16 heavy (non-hydrogen) atoms. The van der Waals surface area contributed by atoms with Gasteiger partial charge in [0.05, 0.1) is 12.3 Å². The Labute approximate surface area is 94.2 Å².